The van der Waals surface area contributed by atoms with Gasteiger partial charge in [0.25, 0.3) is 0 Å². The number of rotatable bonds is 3. The largest absolute Gasteiger partial charge is 0.383 e. The van der Waals surface area contributed by atoms with E-state index in [0.717, 1.165) is 26.9 Å². The third-order valence-corrected chi connectivity index (χ3v) is 4.28. The lowest BCUT2D eigenvalue weighted by atomic mass is 10.1. The second-order valence-electron chi connectivity index (χ2n) is 4.96. The fraction of sp³-hybridized carbons (Fsp3) is 0.118. The molecule has 1 aromatic heterocycles. The molecule has 106 valence electrons. The molecule has 0 aliphatic rings. The van der Waals surface area contributed by atoms with E-state index in [4.69, 9.17) is 5.73 Å². The number of hydrogen-bond donors (Lipinski definition) is 1. The minimum atomic E-state index is 0.654. The Morgan fingerprint density at radius 3 is 2.43 bits per heavy atom. The second-order valence-corrected chi connectivity index (χ2v) is 5.82. The molecule has 0 unspecified atom stereocenters. The molecule has 2 N–H and O–H groups in total. The maximum absolute atomic E-state index is 6.32. The molecule has 0 radical (unpaired) electrons. The summed E-state index contributed by atoms with van der Waals surface area (Å²) in [4.78, 5) is 0. The van der Waals surface area contributed by atoms with Crippen LogP contribution >= 0.6 is 15.9 Å². The van der Waals surface area contributed by atoms with E-state index in [1.54, 1.807) is 0 Å². The lowest BCUT2D eigenvalue weighted by Crippen LogP contribution is -2.06. The third kappa shape index (κ3) is 2.72. The van der Waals surface area contributed by atoms with Gasteiger partial charge >= 0.3 is 0 Å². The first-order chi connectivity index (χ1) is 10.2. The molecule has 0 aliphatic heterocycles. The van der Waals surface area contributed by atoms with E-state index in [0.29, 0.717) is 12.4 Å². The first kappa shape index (κ1) is 13.9. The van der Waals surface area contributed by atoms with Gasteiger partial charge in [-0.15, -0.1) is 0 Å². The van der Waals surface area contributed by atoms with Crippen LogP contribution in [0.2, 0.25) is 0 Å². The number of anilines is 1. The molecule has 4 heteroatoms. The van der Waals surface area contributed by atoms with Crippen LogP contribution in [0.5, 0.6) is 0 Å². The SMILES string of the molecule is Cc1nn(Cc2ccccc2Br)c(N)c1-c1ccccc1. The Morgan fingerprint density at radius 2 is 1.71 bits per heavy atom. The quantitative estimate of drug-likeness (QED) is 0.773. The normalized spacial score (nSPS) is 10.8. The number of nitrogens with two attached hydrogens (primary N) is 1. The molecule has 0 bridgehead atoms. The summed E-state index contributed by atoms with van der Waals surface area (Å²) in [5.41, 5.74) is 10.5. The summed E-state index contributed by atoms with van der Waals surface area (Å²) in [5.74, 6) is 0.703. The smallest absolute Gasteiger partial charge is 0.130 e. The Kier molecular flexibility index (Phi) is 3.80. The van der Waals surface area contributed by atoms with Crippen molar-refractivity contribution in [1.29, 1.82) is 0 Å². The van der Waals surface area contributed by atoms with Crippen LogP contribution in [-0.4, -0.2) is 9.78 Å². The van der Waals surface area contributed by atoms with Crippen molar-refractivity contribution in [3.8, 4) is 11.1 Å². The van der Waals surface area contributed by atoms with Gasteiger partial charge in [0.2, 0.25) is 0 Å². The predicted molar refractivity (Wildman–Crippen MR) is 90.1 cm³/mol. The average molecular weight is 342 g/mol. The highest BCUT2D eigenvalue weighted by Gasteiger charge is 2.14. The Hall–Kier alpha value is -2.07. The van der Waals surface area contributed by atoms with Gasteiger partial charge in [-0.05, 0) is 24.1 Å². The Labute approximate surface area is 132 Å². The lowest BCUT2D eigenvalue weighted by Gasteiger charge is -2.07. The second kappa shape index (κ2) is 5.74. The number of aromatic nitrogens is 2. The van der Waals surface area contributed by atoms with Crippen molar-refractivity contribution in [2.75, 3.05) is 5.73 Å². The number of aryl methyl sites for hydroxylation is 1. The van der Waals surface area contributed by atoms with Gasteiger partial charge in [-0.1, -0.05) is 64.5 Å². The van der Waals surface area contributed by atoms with Crippen molar-refractivity contribution in [2.24, 2.45) is 0 Å². The van der Waals surface area contributed by atoms with E-state index in [1.807, 2.05) is 48.0 Å². The molecule has 0 amide bonds. The molecule has 3 aromatic rings. The molecule has 0 spiro atoms. The molecule has 3 rings (SSSR count). The molecule has 3 nitrogen and oxygen atoms in total. The summed E-state index contributed by atoms with van der Waals surface area (Å²) in [6.45, 7) is 2.65. The van der Waals surface area contributed by atoms with Crippen LogP contribution in [0.25, 0.3) is 11.1 Å². The standard InChI is InChI=1S/C17H16BrN3/c1-12-16(13-7-3-2-4-8-13)17(19)21(20-12)11-14-9-5-6-10-15(14)18/h2-10H,11,19H2,1H3. The van der Waals surface area contributed by atoms with Gasteiger partial charge in [0.1, 0.15) is 5.82 Å². The van der Waals surface area contributed by atoms with Crippen molar-refractivity contribution in [1.82, 2.24) is 9.78 Å². The maximum atomic E-state index is 6.32. The van der Waals surface area contributed by atoms with Crippen molar-refractivity contribution in [3.63, 3.8) is 0 Å². The van der Waals surface area contributed by atoms with Crippen LogP contribution in [0.3, 0.4) is 0 Å². The highest BCUT2D eigenvalue weighted by Crippen LogP contribution is 2.30. The molecule has 0 saturated heterocycles. The Balaban J connectivity index is 2.01. The highest BCUT2D eigenvalue weighted by atomic mass is 79.9. The summed E-state index contributed by atoms with van der Waals surface area (Å²) in [7, 11) is 0. The number of nitrogens with zero attached hydrogens (tertiary/aromatic N) is 2. The zero-order valence-electron chi connectivity index (χ0n) is 11.8. The van der Waals surface area contributed by atoms with Crippen LogP contribution in [0, 0.1) is 6.92 Å². The average Bonchev–Trinajstić information content (AvgIpc) is 2.77. The van der Waals surface area contributed by atoms with Gasteiger partial charge in [-0.2, -0.15) is 5.10 Å². The topological polar surface area (TPSA) is 43.8 Å². The Morgan fingerprint density at radius 1 is 1.05 bits per heavy atom. The minimum absolute atomic E-state index is 0.654. The maximum Gasteiger partial charge on any atom is 0.130 e. The first-order valence-electron chi connectivity index (χ1n) is 6.78. The number of nitrogen functional groups attached to an aromatic ring is 1. The van der Waals surface area contributed by atoms with Crippen molar-refractivity contribution in [2.45, 2.75) is 13.5 Å². The van der Waals surface area contributed by atoms with Crippen molar-refractivity contribution >= 4 is 21.7 Å². The van der Waals surface area contributed by atoms with Crippen molar-refractivity contribution < 1.29 is 0 Å². The number of halogens is 1. The lowest BCUT2D eigenvalue weighted by molar-refractivity contribution is 0.687. The molecular weight excluding hydrogens is 326 g/mol. The van der Waals surface area contributed by atoms with Crippen LogP contribution in [-0.2, 0) is 6.54 Å². The molecule has 21 heavy (non-hydrogen) atoms. The zero-order valence-corrected chi connectivity index (χ0v) is 13.3. The Bertz CT molecular complexity index is 763. The summed E-state index contributed by atoms with van der Waals surface area (Å²) in [5, 5.41) is 4.59. The van der Waals surface area contributed by atoms with Crippen LogP contribution in [0.4, 0.5) is 5.82 Å². The van der Waals surface area contributed by atoms with Crippen LogP contribution in [0.15, 0.2) is 59.1 Å². The van der Waals surface area contributed by atoms with E-state index < -0.39 is 0 Å². The first-order valence-corrected chi connectivity index (χ1v) is 7.58. The van der Waals surface area contributed by atoms with Gasteiger partial charge in [0.15, 0.2) is 0 Å². The summed E-state index contributed by atoms with van der Waals surface area (Å²) >= 11 is 3.57. The van der Waals surface area contributed by atoms with E-state index >= 15 is 0 Å². The zero-order chi connectivity index (χ0) is 14.8. The summed E-state index contributed by atoms with van der Waals surface area (Å²) < 4.78 is 2.93. The number of hydrogen-bond acceptors (Lipinski definition) is 2. The van der Waals surface area contributed by atoms with Gasteiger partial charge in [0.05, 0.1) is 12.2 Å². The molecular formula is C17H16BrN3. The third-order valence-electron chi connectivity index (χ3n) is 3.51. The van der Waals surface area contributed by atoms with Gasteiger partial charge in [0, 0.05) is 10.0 Å². The van der Waals surface area contributed by atoms with E-state index in [2.05, 4.69) is 39.2 Å². The fourth-order valence-electron chi connectivity index (χ4n) is 2.47. The van der Waals surface area contributed by atoms with E-state index in [-0.39, 0.29) is 0 Å². The summed E-state index contributed by atoms with van der Waals surface area (Å²) in [6, 6.07) is 18.3. The predicted octanol–water partition coefficient (Wildman–Crippen LogP) is 4.25. The number of benzene rings is 2. The molecule has 0 aliphatic carbocycles. The van der Waals surface area contributed by atoms with Crippen LogP contribution in [0.1, 0.15) is 11.3 Å². The minimum Gasteiger partial charge on any atom is -0.383 e. The summed E-state index contributed by atoms with van der Waals surface area (Å²) in [6.07, 6.45) is 0. The fourth-order valence-corrected chi connectivity index (χ4v) is 2.88. The molecule has 0 atom stereocenters. The van der Waals surface area contributed by atoms with Gasteiger partial charge < -0.3 is 5.73 Å². The van der Waals surface area contributed by atoms with Gasteiger partial charge in [-0.25, -0.2) is 4.68 Å². The van der Waals surface area contributed by atoms with E-state index in [1.165, 1.54) is 0 Å². The molecule has 1 heterocycles. The van der Waals surface area contributed by atoms with Gasteiger partial charge in [-0.3, -0.25) is 0 Å². The molecule has 2 aromatic carbocycles. The molecule has 0 fully saturated rings. The van der Waals surface area contributed by atoms with Crippen LogP contribution < -0.4 is 5.73 Å². The molecule has 0 saturated carbocycles. The highest BCUT2D eigenvalue weighted by molar-refractivity contribution is 9.10. The van der Waals surface area contributed by atoms with E-state index in [9.17, 15) is 0 Å². The monoisotopic (exact) mass is 341 g/mol. The van der Waals surface area contributed by atoms with Crippen molar-refractivity contribution in [3.05, 3.63) is 70.3 Å².